The normalized spacial score (nSPS) is 14.2. The molecule has 54 heteroatoms. The molecule has 0 rings (SSSR count). The average Bonchev–Trinajstić information content (AvgIpc) is 3.42. The summed E-state index contributed by atoms with van der Waals surface area (Å²) < 4.78 is 257. The molecule has 29 nitrogen and oxygen atoms in total. The van der Waals surface area contributed by atoms with Gasteiger partial charge in [-0.1, -0.05) is 27.3 Å². The van der Waals surface area contributed by atoms with E-state index in [0.717, 1.165) is 0 Å². The molecular weight excluding hydrogens is 1520 g/mol. The summed E-state index contributed by atoms with van der Waals surface area (Å²) in [6.45, 7) is 9.56. The fourth-order valence-electron chi connectivity index (χ4n) is 5.99. The van der Waals surface area contributed by atoms with Crippen molar-refractivity contribution in [3.8, 4) is 0 Å². The van der Waals surface area contributed by atoms with Gasteiger partial charge in [-0.25, -0.2) is 0 Å². The van der Waals surface area contributed by atoms with Crippen LogP contribution in [0.15, 0.2) is 0 Å². The van der Waals surface area contributed by atoms with Crippen molar-refractivity contribution in [2.24, 2.45) is 0 Å². The molecule has 81 heavy (non-hydrogen) atoms. The van der Waals surface area contributed by atoms with Crippen molar-refractivity contribution < 1.29 is 178 Å². The molecule has 0 saturated heterocycles. The molecule has 0 spiro atoms. The van der Waals surface area contributed by atoms with E-state index >= 15 is 0 Å². The molecule has 0 aromatic rings. The SMILES string of the molecule is COCCOCCOCCOCCOCCOCCOCCOCCC[Si](C)(O[SiH2][Si](=O)[Si](=O)[Si](=O)[Si](=O)[Si](=O)[Si](=O)[Si](=O)[Si](=O)[Si](=O)[Si](=O)[Si](C)(CCC(F)(F)F)C(C)(C)C)[Si](O[SiH2]O)([SiH2]O)[SiH2]O.O=[Si](O[SiH2]O)[SiH2]O.O=[Si]=O.[Y]. The van der Waals surface area contributed by atoms with Crippen molar-refractivity contribution in [2.45, 2.75) is 70.0 Å². The Hall–Kier alpha value is 2.05. The average molecular weight is 1600 g/mol. The van der Waals surface area contributed by atoms with Crippen molar-refractivity contribution in [1.29, 1.82) is 0 Å². The van der Waals surface area contributed by atoms with Gasteiger partial charge in [0, 0.05) is 52.8 Å². The molecule has 5 N–H and O–H groups in total. The minimum Gasteiger partial charge on any atom is -0.565 e. The Morgan fingerprint density at radius 3 is 1.15 bits per heavy atom. The zero-order chi connectivity index (χ0) is 62.0. The Morgan fingerprint density at radius 2 is 0.852 bits per heavy atom. The number of halogens is 3. The van der Waals surface area contributed by atoms with Gasteiger partial charge in [-0.2, -0.15) is 13.2 Å². The molecule has 0 fully saturated rings. The summed E-state index contributed by atoms with van der Waals surface area (Å²) in [5.41, 5.74) is 0. The van der Waals surface area contributed by atoms with E-state index in [1.54, 1.807) is 13.7 Å². The maximum Gasteiger partial charge on any atom is 0.549 e. The standard InChI is InChI=1S/C27H67F3O23Si17.H6O4Si3.O2Si.Y/c1-26(2,3)68(5,25-8-27(28,29)30)67(43)66(42)65(41)64(40)63(39)62(38)61(37)60(36)59(35)58(34)57-53-69(6,70(55-32,56-33)52-54-31)24-7-9-45-12-13-47-16-17-49-20-21-51-23-22-50-19-18-48-15-14-46-11-10-44-4;1-5-4-7(3)6-2;1-3-2;/h31-33H,7-25,54-57H2,1-6H3;1-2H,5-6H2;;. The number of alkyl halides is 3. The van der Waals surface area contributed by atoms with E-state index < -0.39 is 198 Å². The largest absolute Gasteiger partial charge is 0.565 e. The quantitative estimate of drug-likeness (QED) is 0.0279. The number of hydrogen-bond acceptors (Lipinski definition) is 29. The molecule has 0 heterocycles. The molecule has 1 radical (unpaired) electrons. The first-order valence-electron chi connectivity index (χ1n) is 24.0. The van der Waals surface area contributed by atoms with E-state index in [-0.39, 0.29) is 58.6 Å². The predicted octanol–water partition coefficient (Wildman–Crippen LogP) is -9.81. The van der Waals surface area contributed by atoms with Crippen molar-refractivity contribution in [3.63, 3.8) is 0 Å². The summed E-state index contributed by atoms with van der Waals surface area (Å²) in [6, 6.07) is -0.451. The topological polar surface area (TPSA) is 425 Å². The maximum absolute atomic E-state index is 13.5. The monoisotopic (exact) mass is 1590 g/mol. The minimum absolute atomic E-state index is 0. The van der Waals surface area contributed by atoms with Gasteiger partial charge >= 0.3 is 111 Å². The first-order chi connectivity index (χ1) is 37.5. The fourth-order valence-corrected chi connectivity index (χ4v) is 183. The van der Waals surface area contributed by atoms with Crippen LogP contribution in [-0.4, -0.2) is 311 Å². The fraction of sp³-hybridized carbons (Fsp3) is 1.00. The molecule has 0 bridgehead atoms. The third-order valence-corrected chi connectivity index (χ3v) is 157. The number of ether oxygens (including phenoxy) is 8. The molecule has 0 aliphatic rings. The van der Waals surface area contributed by atoms with Gasteiger partial charge in [0.1, 0.15) is 7.59 Å². The van der Waals surface area contributed by atoms with E-state index in [2.05, 4.69) is 4.12 Å². The van der Waals surface area contributed by atoms with Gasteiger partial charge in [-0.05, 0) is 30.1 Å². The molecule has 0 aromatic carbocycles. The molecule has 2 atom stereocenters. The molecule has 0 aliphatic heterocycles. The molecule has 2 unspecified atom stereocenters. The molecule has 0 saturated carbocycles. The van der Waals surface area contributed by atoms with Gasteiger partial charge in [0.2, 0.25) is 16.2 Å². The van der Waals surface area contributed by atoms with Crippen LogP contribution in [0.5, 0.6) is 0 Å². The number of methoxy groups -OCH3 is 1. The third kappa shape index (κ3) is 38.4. The van der Waals surface area contributed by atoms with Crippen molar-refractivity contribution >= 4 is 174 Å². The summed E-state index contributed by atoms with van der Waals surface area (Å²) in [6.07, 6.45) is -5.71. The van der Waals surface area contributed by atoms with Crippen LogP contribution in [0.2, 0.25) is 30.2 Å². The van der Waals surface area contributed by atoms with Gasteiger partial charge in [-0.3, -0.25) is 8.92 Å². The van der Waals surface area contributed by atoms with E-state index in [4.69, 9.17) is 64.6 Å². The first kappa shape index (κ1) is 89.5. The van der Waals surface area contributed by atoms with E-state index in [0.29, 0.717) is 85.7 Å². The summed E-state index contributed by atoms with van der Waals surface area (Å²) >= 11 is 0. The second-order valence-corrected chi connectivity index (χ2v) is 112. The van der Waals surface area contributed by atoms with Gasteiger partial charge in [0.05, 0.1) is 92.5 Å². The van der Waals surface area contributed by atoms with Gasteiger partial charge in [0.15, 0.2) is 26.4 Å². The molecule has 0 amide bonds. The van der Waals surface area contributed by atoms with E-state index in [1.165, 1.54) is 27.3 Å². The molecule has 0 aliphatic carbocycles. The van der Waals surface area contributed by atoms with Crippen LogP contribution in [-0.2, 0) is 141 Å². The summed E-state index contributed by atoms with van der Waals surface area (Å²) in [5, 5.41) is -1.05. The Bertz CT molecular complexity index is 2030. The molecular formula is C27H73F3O29Si21Y. The summed E-state index contributed by atoms with van der Waals surface area (Å²) in [5.74, 6) is 0. The van der Waals surface area contributed by atoms with Crippen molar-refractivity contribution in [1.82, 2.24) is 0 Å². The molecule has 0 aromatic heterocycles. The Morgan fingerprint density at radius 1 is 0.506 bits per heavy atom. The zero-order valence-electron chi connectivity index (χ0n) is 45.9. The van der Waals surface area contributed by atoms with Crippen LogP contribution in [0.4, 0.5) is 13.2 Å². The van der Waals surface area contributed by atoms with Crippen LogP contribution < -0.4 is 0 Å². The number of rotatable bonds is 48. The van der Waals surface area contributed by atoms with Crippen LogP contribution >= 0.6 is 0 Å². The van der Waals surface area contributed by atoms with Crippen molar-refractivity contribution in [3.05, 3.63) is 0 Å². The van der Waals surface area contributed by atoms with Crippen LogP contribution in [0.25, 0.3) is 0 Å². The van der Waals surface area contributed by atoms with Crippen LogP contribution in [0.3, 0.4) is 0 Å². The summed E-state index contributed by atoms with van der Waals surface area (Å²) in [4.78, 5) is 47.0. The predicted molar refractivity (Wildman–Crippen MR) is 305 cm³/mol. The van der Waals surface area contributed by atoms with E-state index in [1.807, 2.05) is 0 Å². The maximum atomic E-state index is 13.5. The third-order valence-electron chi connectivity index (χ3n) is 11.3. The second-order valence-electron chi connectivity index (χ2n) is 17.5. The second kappa shape index (κ2) is 51.8. The first-order valence-corrected chi connectivity index (χ1v) is 72.6. The smallest absolute Gasteiger partial charge is 0.549 e. The van der Waals surface area contributed by atoms with Crippen LogP contribution in [0.1, 0.15) is 33.6 Å². The Kier molecular flexibility index (Phi) is 57.2. The van der Waals surface area contributed by atoms with Crippen molar-refractivity contribution in [2.75, 3.05) is 106 Å². The van der Waals surface area contributed by atoms with Gasteiger partial charge in [0.25, 0.3) is 19.3 Å². The van der Waals surface area contributed by atoms with Gasteiger partial charge in [-0.15, -0.1) is 0 Å². The Labute approximate surface area is 523 Å². The van der Waals surface area contributed by atoms with E-state index in [9.17, 15) is 76.6 Å². The Balaban J connectivity index is -0.00000246. The minimum atomic E-state index is -4.65. The van der Waals surface area contributed by atoms with Crippen LogP contribution in [0, 0.1) is 0 Å². The summed E-state index contributed by atoms with van der Waals surface area (Å²) in [7, 11) is -60.6. The van der Waals surface area contributed by atoms with Gasteiger partial charge < -0.3 is 123 Å². The zero-order valence-corrected chi connectivity index (χ0v) is 72.2. The number of hydrogen-bond donors (Lipinski definition) is 5. The molecule has 463 valence electrons.